The summed E-state index contributed by atoms with van der Waals surface area (Å²) in [4.78, 5) is 32.9. The number of nitrogens with one attached hydrogen (secondary N) is 1. The molecule has 6 nitrogen and oxygen atoms in total. The number of rotatable bonds is 3. The first-order valence-electron chi connectivity index (χ1n) is 12.4. The van der Waals surface area contributed by atoms with E-state index in [2.05, 4.69) is 72.6 Å². The van der Waals surface area contributed by atoms with E-state index < -0.39 is 0 Å². The predicted octanol–water partition coefficient (Wildman–Crippen LogP) is 4.18. The summed E-state index contributed by atoms with van der Waals surface area (Å²) in [7, 11) is 0. The van der Waals surface area contributed by atoms with Crippen molar-refractivity contribution in [2.75, 3.05) is 44.2 Å². The van der Waals surface area contributed by atoms with E-state index in [1.165, 1.54) is 16.8 Å². The minimum Gasteiger partial charge on any atom is -0.368 e. The van der Waals surface area contributed by atoms with Gasteiger partial charge >= 0.3 is 6.03 Å². The maximum Gasteiger partial charge on any atom is 0.317 e. The van der Waals surface area contributed by atoms with Crippen LogP contribution in [0.15, 0.2) is 48.5 Å². The van der Waals surface area contributed by atoms with Crippen LogP contribution in [0.1, 0.15) is 43.4 Å². The summed E-state index contributed by atoms with van der Waals surface area (Å²) in [5, 5.41) is 3.07. The molecular formula is C28H38N4O2. The molecule has 0 saturated carbocycles. The zero-order valence-electron chi connectivity index (χ0n) is 21.2. The molecule has 182 valence electrons. The normalized spacial score (nSPS) is 21.0. The van der Waals surface area contributed by atoms with Gasteiger partial charge in [-0.1, -0.05) is 48.0 Å². The van der Waals surface area contributed by atoms with Crippen molar-refractivity contribution in [3.63, 3.8) is 0 Å². The average molecular weight is 463 g/mol. The van der Waals surface area contributed by atoms with Gasteiger partial charge in [-0.15, -0.1) is 0 Å². The van der Waals surface area contributed by atoms with Crippen molar-refractivity contribution in [3.8, 4) is 0 Å². The molecule has 0 radical (unpaired) electrons. The topological polar surface area (TPSA) is 55.9 Å². The van der Waals surface area contributed by atoms with Crippen molar-refractivity contribution in [2.24, 2.45) is 5.92 Å². The number of carbonyl (C=O) groups is 2. The van der Waals surface area contributed by atoms with Crippen molar-refractivity contribution < 1.29 is 9.59 Å². The Balaban J connectivity index is 1.49. The van der Waals surface area contributed by atoms with Crippen LogP contribution in [-0.4, -0.2) is 66.5 Å². The Morgan fingerprint density at radius 3 is 2.12 bits per heavy atom. The third-order valence-electron chi connectivity index (χ3n) is 6.96. The number of anilines is 1. The van der Waals surface area contributed by atoms with Crippen molar-refractivity contribution in [1.29, 1.82) is 0 Å². The zero-order valence-corrected chi connectivity index (χ0v) is 21.2. The molecule has 0 aromatic heterocycles. The molecular weight excluding hydrogens is 424 g/mol. The van der Waals surface area contributed by atoms with Crippen LogP contribution in [0, 0.1) is 19.8 Å². The van der Waals surface area contributed by atoms with Crippen LogP contribution in [0.25, 0.3) is 0 Å². The standard InChI is InChI=1S/C28H38N4O2/c1-20-10-12-22(13-11-20)23-18-32(27(34)29-28(3,4)5)19-24(23)26(33)31-16-14-30(15-17-31)25-9-7-6-8-21(25)2/h6-13,23-24H,14-19H2,1-5H3,(H,29,34). The highest BCUT2D eigenvalue weighted by molar-refractivity contribution is 5.83. The number of likely N-dealkylation sites (tertiary alicyclic amines) is 1. The van der Waals surface area contributed by atoms with Gasteiger partial charge in [0.05, 0.1) is 5.92 Å². The minimum absolute atomic E-state index is 0.00761. The van der Waals surface area contributed by atoms with Gasteiger partial charge in [-0.05, 0) is 51.8 Å². The van der Waals surface area contributed by atoms with Crippen LogP contribution >= 0.6 is 0 Å². The number of carbonyl (C=O) groups excluding carboxylic acids is 2. The Morgan fingerprint density at radius 1 is 0.853 bits per heavy atom. The lowest BCUT2D eigenvalue weighted by molar-refractivity contribution is -0.135. The van der Waals surface area contributed by atoms with Crippen molar-refractivity contribution in [1.82, 2.24) is 15.1 Å². The van der Waals surface area contributed by atoms with E-state index in [0.717, 1.165) is 18.7 Å². The highest BCUT2D eigenvalue weighted by Crippen LogP contribution is 2.35. The smallest absolute Gasteiger partial charge is 0.317 e. The molecule has 2 atom stereocenters. The number of benzene rings is 2. The second-order valence-electron chi connectivity index (χ2n) is 10.8. The third kappa shape index (κ3) is 5.37. The number of amides is 3. The summed E-state index contributed by atoms with van der Waals surface area (Å²) in [6, 6.07) is 16.7. The van der Waals surface area contributed by atoms with Gasteiger partial charge in [0, 0.05) is 56.4 Å². The van der Waals surface area contributed by atoms with Gasteiger partial charge in [-0.25, -0.2) is 4.79 Å². The Bertz CT molecular complexity index is 1020. The number of hydrogen-bond donors (Lipinski definition) is 1. The van der Waals surface area contributed by atoms with Gasteiger partial charge in [-0.3, -0.25) is 4.79 Å². The van der Waals surface area contributed by atoms with Crippen LogP contribution in [0.5, 0.6) is 0 Å². The average Bonchev–Trinajstić information content (AvgIpc) is 3.24. The molecule has 2 aromatic rings. The van der Waals surface area contributed by atoms with E-state index in [9.17, 15) is 9.59 Å². The number of nitrogens with zero attached hydrogens (tertiary/aromatic N) is 3. The zero-order chi connectivity index (χ0) is 24.5. The van der Waals surface area contributed by atoms with E-state index in [1.807, 2.05) is 30.6 Å². The molecule has 0 bridgehead atoms. The molecule has 2 aliphatic rings. The van der Waals surface area contributed by atoms with Gasteiger partial charge in [0.15, 0.2) is 0 Å². The Kier molecular flexibility index (Phi) is 6.87. The third-order valence-corrected chi connectivity index (χ3v) is 6.96. The first-order chi connectivity index (χ1) is 16.1. The molecule has 2 heterocycles. The van der Waals surface area contributed by atoms with Crippen LogP contribution in [0.2, 0.25) is 0 Å². The Labute approximate surface area is 203 Å². The summed E-state index contributed by atoms with van der Waals surface area (Å²) >= 11 is 0. The second-order valence-corrected chi connectivity index (χ2v) is 10.8. The highest BCUT2D eigenvalue weighted by atomic mass is 16.2. The van der Waals surface area contributed by atoms with E-state index in [-0.39, 0.29) is 29.3 Å². The van der Waals surface area contributed by atoms with E-state index in [1.54, 1.807) is 0 Å². The quantitative estimate of drug-likeness (QED) is 0.745. The maximum absolute atomic E-state index is 13.8. The monoisotopic (exact) mass is 462 g/mol. The molecule has 2 fully saturated rings. The molecule has 0 aliphatic carbocycles. The molecule has 2 saturated heterocycles. The van der Waals surface area contributed by atoms with Gasteiger partial charge < -0.3 is 20.0 Å². The lowest BCUT2D eigenvalue weighted by Gasteiger charge is -2.38. The number of urea groups is 1. The Morgan fingerprint density at radius 2 is 1.50 bits per heavy atom. The number of piperazine rings is 1. The summed E-state index contributed by atoms with van der Waals surface area (Å²) in [6.45, 7) is 14.2. The first kappa shape index (κ1) is 24.1. The number of aryl methyl sites for hydroxylation is 2. The molecule has 2 unspecified atom stereocenters. The summed E-state index contributed by atoms with van der Waals surface area (Å²) in [5.41, 5.74) is 4.52. The van der Waals surface area contributed by atoms with Gasteiger partial charge in [0.1, 0.15) is 0 Å². The van der Waals surface area contributed by atoms with E-state index >= 15 is 0 Å². The van der Waals surface area contributed by atoms with Gasteiger partial charge in [-0.2, -0.15) is 0 Å². The largest absolute Gasteiger partial charge is 0.368 e. The lowest BCUT2D eigenvalue weighted by atomic mass is 9.87. The number of hydrogen-bond acceptors (Lipinski definition) is 3. The predicted molar refractivity (Wildman–Crippen MR) is 137 cm³/mol. The highest BCUT2D eigenvalue weighted by Gasteiger charge is 2.43. The second kappa shape index (κ2) is 9.69. The summed E-state index contributed by atoms with van der Waals surface area (Å²) in [6.07, 6.45) is 0. The van der Waals surface area contributed by atoms with Crippen LogP contribution in [-0.2, 0) is 4.79 Å². The molecule has 1 N–H and O–H groups in total. The molecule has 0 spiro atoms. The molecule has 4 rings (SSSR count). The Hall–Kier alpha value is -3.02. The fraction of sp³-hybridized carbons (Fsp3) is 0.500. The summed E-state index contributed by atoms with van der Waals surface area (Å²) < 4.78 is 0. The maximum atomic E-state index is 13.8. The lowest BCUT2D eigenvalue weighted by Crippen LogP contribution is -2.51. The number of para-hydroxylation sites is 1. The van der Waals surface area contributed by atoms with Crippen molar-refractivity contribution in [2.45, 2.75) is 46.1 Å². The molecule has 2 aliphatic heterocycles. The fourth-order valence-electron chi connectivity index (χ4n) is 5.09. The van der Waals surface area contributed by atoms with Crippen LogP contribution in [0.4, 0.5) is 10.5 Å². The van der Waals surface area contributed by atoms with Crippen molar-refractivity contribution >= 4 is 17.6 Å². The SMILES string of the molecule is Cc1ccc(C2CN(C(=O)NC(C)(C)C)CC2C(=O)N2CCN(c3ccccc3C)CC2)cc1. The minimum atomic E-state index is -0.315. The van der Waals surface area contributed by atoms with Crippen molar-refractivity contribution in [3.05, 3.63) is 65.2 Å². The first-order valence-corrected chi connectivity index (χ1v) is 12.4. The molecule has 2 aromatic carbocycles. The molecule has 6 heteroatoms. The fourth-order valence-corrected chi connectivity index (χ4v) is 5.09. The van der Waals surface area contributed by atoms with E-state index in [0.29, 0.717) is 26.2 Å². The van der Waals surface area contributed by atoms with Crippen LogP contribution < -0.4 is 10.2 Å². The van der Waals surface area contributed by atoms with Gasteiger partial charge in [0.25, 0.3) is 0 Å². The van der Waals surface area contributed by atoms with Gasteiger partial charge in [0.2, 0.25) is 5.91 Å². The van der Waals surface area contributed by atoms with E-state index in [4.69, 9.17) is 0 Å². The van der Waals surface area contributed by atoms with Crippen LogP contribution in [0.3, 0.4) is 0 Å². The molecule has 34 heavy (non-hydrogen) atoms. The molecule has 3 amide bonds. The summed E-state index contributed by atoms with van der Waals surface area (Å²) in [5.74, 6) is -0.0484.